The zero-order valence-corrected chi connectivity index (χ0v) is 9.93. The molecule has 0 amide bonds. The lowest BCUT2D eigenvalue weighted by Crippen LogP contribution is -2.48. The first-order chi connectivity index (χ1) is 7.08. The van der Waals surface area contributed by atoms with Crippen molar-refractivity contribution in [1.82, 2.24) is 5.32 Å². The molecule has 84 valence electrons. The van der Waals surface area contributed by atoms with E-state index in [1.165, 1.54) is 0 Å². The van der Waals surface area contributed by atoms with Crippen LogP contribution in [0.5, 0.6) is 0 Å². The van der Waals surface area contributed by atoms with Gasteiger partial charge in [-0.15, -0.1) is 0 Å². The molecule has 0 aromatic carbocycles. The molecule has 3 nitrogen and oxygen atoms in total. The maximum Gasteiger partial charge on any atom is 0.323 e. The van der Waals surface area contributed by atoms with Crippen molar-refractivity contribution < 1.29 is 9.90 Å². The summed E-state index contributed by atoms with van der Waals surface area (Å²) in [6.07, 6.45) is 1.51. The van der Waals surface area contributed by atoms with Gasteiger partial charge in [0.05, 0.1) is 0 Å². The van der Waals surface area contributed by atoms with E-state index >= 15 is 0 Å². The molecule has 1 atom stereocenters. The topological polar surface area (TPSA) is 49.3 Å². The Kier molecular flexibility index (Phi) is 4.29. The normalized spacial score (nSPS) is 14.8. The Balaban J connectivity index is 2.56. The smallest absolute Gasteiger partial charge is 0.323 e. The van der Waals surface area contributed by atoms with Crippen molar-refractivity contribution in [3.05, 3.63) is 22.4 Å². The van der Waals surface area contributed by atoms with Gasteiger partial charge in [0.25, 0.3) is 0 Å². The minimum Gasteiger partial charge on any atom is -0.480 e. The minimum absolute atomic E-state index is 0.617. The number of thiophene rings is 1. The minimum atomic E-state index is -0.809. The van der Waals surface area contributed by atoms with E-state index in [0.717, 1.165) is 12.0 Å². The Bertz CT molecular complexity index is 310. The van der Waals surface area contributed by atoms with E-state index in [1.54, 1.807) is 18.3 Å². The molecule has 1 aromatic heterocycles. The van der Waals surface area contributed by atoms with E-state index in [9.17, 15) is 4.79 Å². The lowest BCUT2D eigenvalue weighted by Gasteiger charge is -2.25. The van der Waals surface area contributed by atoms with E-state index in [-0.39, 0.29) is 0 Å². The highest BCUT2D eigenvalue weighted by Crippen LogP contribution is 2.14. The van der Waals surface area contributed by atoms with Crippen molar-refractivity contribution in [2.24, 2.45) is 0 Å². The zero-order chi connectivity index (χ0) is 11.3. The van der Waals surface area contributed by atoms with E-state index in [4.69, 9.17) is 5.11 Å². The second-order valence-electron chi connectivity index (χ2n) is 3.87. The molecular formula is C11H17NO2S. The molecule has 0 aliphatic rings. The van der Waals surface area contributed by atoms with Gasteiger partial charge >= 0.3 is 5.97 Å². The van der Waals surface area contributed by atoms with Crippen molar-refractivity contribution in [3.63, 3.8) is 0 Å². The highest BCUT2D eigenvalue weighted by molar-refractivity contribution is 7.07. The summed E-state index contributed by atoms with van der Waals surface area (Å²) in [4.78, 5) is 11.1. The van der Waals surface area contributed by atoms with E-state index < -0.39 is 11.5 Å². The Morgan fingerprint density at radius 3 is 2.87 bits per heavy atom. The predicted molar refractivity (Wildman–Crippen MR) is 62.1 cm³/mol. The Hall–Kier alpha value is -0.870. The number of rotatable bonds is 6. The van der Waals surface area contributed by atoms with E-state index in [1.807, 2.05) is 23.8 Å². The van der Waals surface area contributed by atoms with Crippen LogP contribution in [0, 0.1) is 0 Å². The molecule has 0 fully saturated rings. The summed E-state index contributed by atoms with van der Waals surface area (Å²) in [6.45, 7) is 4.35. The second kappa shape index (κ2) is 5.28. The van der Waals surface area contributed by atoms with Crippen LogP contribution in [-0.2, 0) is 11.3 Å². The Morgan fingerprint density at radius 1 is 1.67 bits per heavy atom. The summed E-state index contributed by atoms with van der Waals surface area (Å²) in [5.74, 6) is -0.778. The largest absolute Gasteiger partial charge is 0.480 e. The van der Waals surface area contributed by atoms with Gasteiger partial charge in [0, 0.05) is 6.54 Å². The van der Waals surface area contributed by atoms with Crippen LogP contribution >= 0.6 is 11.3 Å². The summed E-state index contributed by atoms with van der Waals surface area (Å²) < 4.78 is 0. The Morgan fingerprint density at radius 2 is 2.40 bits per heavy atom. The molecule has 1 unspecified atom stereocenters. The summed E-state index contributed by atoms with van der Waals surface area (Å²) in [5, 5.41) is 16.3. The summed E-state index contributed by atoms with van der Waals surface area (Å²) in [5.41, 5.74) is 0.333. The molecule has 2 N–H and O–H groups in total. The van der Waals surface area contributed by atoms with Gasteiger partial charge in [-0.2, -0.15) is 11.3 Å². The fourth-order valence-corrected chi connectivity index (χ4v) is 2.13. The highest BCUT2D eigenvalue weighted by Gasteiger charge is 2.31. The fourth-order valence-electron chi connectivity index (χ4n) is 1.46. The average Bonchev–Trinajstić information content (AvgIpc) is 2.67. The SMILES string of the molecule is CCCC(C)(NCc1ccsc1)C(=O)O. The van der Waals surface area contributed by atoms with Crippen LogP contribution in [0.1, 0.15) is 32.3 Å². The number of hydrogen-bond donors (Lipinski definition) is 2. The molecule has 0 saturated carbocycles. The maximum atomic E-state index is 11.1. The van der Waals surface area contributed by atoms with Crippen LogP contribution in [0.15, 0.2) is 16.8 Å². The maximum absolute atomic E-state index is 11.1. The monoisotopic (exact) mass is 227 g/mol. The van der Waals surface area contributed by atoms with E-state index in [0.29, 0.717) is 13.0 Å². The molecule has 0 aliphatic heterocycles. The predicted octanol–water partition coefficient (Wildman–Crippen LogP) is 2.48. The summed E-state index contributed by atoms with van der Waals surface area (Å²) in [6, 6.07) is 2.01. The first kappa shape index (κ1) is 12.2. The first-order valence-electron chi connectivity index (χ1n) is 5.08. The van der Waals surface area contributed by atoms with E-state index in [2.05, 4.69) is 5.32 Å². The average molecular weight is 227 g/mol. The van der Waals surface area contributed by atoms with Gasteiger partial charge in [-0.1, -0.05) is 13.3 Å². The first-order valence-corrected chi connectivity index (χ1v) is 6.02. The highest BCUT2D eigenvalue weighted by atomic mass is 32.1. The molecule has 1 aromatic rings. The summed E-state index contributed by atoms with van der Waals surface area (Å²) in [7, 11) is 0. The van der Waals surface area contributed by atoms with Crippen LogP contribution in [0.3, 0.4) is 0 Å². The molecule has 1 heterocycles. The number of aliphatic carboxylic acids is 1. The fraction of sp³-hybridized carbons (Fsp3) is 0.545. The molecular weight excluding hydrogens is 210 g/mol. The van der Waals surface area contributed by atoms with Gasteiger partial charge in [0.2, 0.25) is 0 Å². The Labute approximate surface area is 94.1 Å². The molecule has 0 bridgehead atoms. The van der Waals surface area contributed by atoms with Crippen LogP contribution in [0.25, 0.3) is 0 Å². The van der Waals surface area contributed by atoms with Crippen molar-refractivity contribution in [2.75, 3.05) is 0 Å². The van der Waals surface area contributed by atoms with Gasteiger partial charge in [-0.25, -0.2) is 0 Å². The summed E-state index contributed by atoms with van der Waals surface area (Å²) >= 11 is 1.62. The lowest BCUT2D eigenvalue weighted by molar-refractivity contribution is -0.144. The number of carboxylic acids is 1. The van der Waals surface area contributed by atoms with Crippen molar-refractivity contribution in [3.8, 4) is 0 Å². The van der Waals surface area contributed by atoms with Crippen molar-refractivity contribution in [1.29, 1.82) is 0 Å². The zero-order valence-electron chi connectivity index (χ0n) is 9.12. The quantitative estimate of drug-likeness (QED) is 0.785. The molecule has 0 saturated heterocycles. The van der Waals surface area contributed by atoms with Crippen LogP contribution in [0.2, 0.25) is 0 Å². The van der Waals surface area contributed by atoms with Crippen LogP contribution in [-0.4, -0.2) is 16.6 Å². The van der Waals surface area contributed by atoms with Crippen molar-refractivity contribution >= 4 is 17.3 Å². The third kappa shape index (κ3) is 3.32. The van der Waals surface area contributed by atoms with Gasteiger partial charge < -0.3 is 5.11 Å². The third-order valence-corrected chi connectivity index (χ3v) is 3.22. The second-order valence-corrected chi connectivity index (χ2v) is 4.65. The molecule has 15 heavy (non-hydrogen) atoms. The van der Waals surface area contributed by atoms with Crippen LogP contribution in [0.4, 0.5) is 0 Å². The number of hydrogen-bond acceptors (Lipinski definition) is 3. The number of carboxylic acid groups (broad SMARTS) is 1. The van der Waals surface area contributed by atoms with Gasteiger partial charge in [-0.05, 0) is 35.7 Å². The molecule has 0 radical (unpaired) electrons. The molecule has 0 spiro atoms. The van der Waals surface area contributed by atoms with Gasteiger partial charge in [0.1, 0.15) is 5.54 Å². The molecule has 0 aliphatic carbocycles. The molecule has 4 heteroatoms. The number of nitrogens with one attached hydrogen (secondary N) is 1. The third-order valence-electron chi connectivity index (χ3n) is 2.48. The van der Waals surface area contributed by atoms with Gasteiger partial charge in [0.15, 0.2) is 0 Å². The van der Waals surface area contributed by atoms with Crippen molar-refractivity contribution in [2.45, 2.75) is 38.8 Å². The number of carbonyl (C=O) groups is 1. The standard InChI is InChI=1S/C11H17NO2S/c1-3-5-11(2,10(13)14)12-7-9-4-6-15-8-9/h4,6,8,12H,3,5,7H2,1-2H3,(H,13,14). The van der Waals surface area contributed by atoms with Gasteiger partial charge in [-0.3, -0.25) is 10.1 Å². The van der Waals surface area contributed by atoms with Crippen LogP contribution < -0.4 is 5.32 Å². The molecule has 1 rings (SSSR count). The lowest BCUT2D eigenvalue weighted by atomic mass is 9.96.